The van der Waals surface area contributed by atoms with Gasteiger partial charge in [-0.2, -0.15) is 0 Å². The Kier molecular flexibility index (Phi) is 11.8. The van der Waals surface area contributed by atoms with E-state index >= 15 is 0 Å². The fourth-order valence-electron chi connectivity index (χ4n) is 2.93. The van der Waals surface area contributed by atoms with Gasteiger partial charge in [0.2, 0.25) is 0 Å². The zero-order valence-corrected chi connectivity index (χ0v) is 16.6. The Morgan fingerprint density at radius 1 is 0.875 bits per heavy atom. The zero-order chi connectivity index (χ0) is 17.7. The van der Waals surface area contributed by atoms with Crippen LogP contribution in [0.4, 0.5) is 0 Å². The molecule has 1 aromatic carbocycles. The quantitative estimate of drug-likeness (QED) is 0.299. The number of hydrogen-bond acceptors (Lipinski definition) is 2. The van der Waals surface area contributed by atoms with Crippen LogP contribution in [0.25, 0.3) is 0 Å². The summed E-state index contributed by atoms with van der Waals surface area (Å²) in [7, 11) is 0. The van der Waals surface area contributed by atoms with Gasteiger partial charge < -0.3 is 14.3 Å². The molecule has 0 aliphatic rings. The second kappa shape index (κ2) is 13.0. The van der Waals surface area contributed by atoms with E-state index in [4.69, 9.17) is 4.52 Å². The van der Waals surface area contributed by atoms with Crippen LogP contribution in [-0.2, 0) is 16.3 Å². The van der Waals surface area contributed by atoms with Crippen LogP contribution >= 0.6 is 6.72 Å². The monoisotopic (exact) mass is 372 g/mol. The first-order valence-electron chi connectivity index (χ1n) is 9.32. The number of unbranched alkanes of at least 4 members (excludes halogenated alkanes) is 9. The molecule has 0 bridgehead atoms. The second-order valence-corrected chi connectivity index (χ2v) is 9.08. The third-order valence-electron chi connectivity index (χ3n) is 4.26. The van der Waals surface area contributed by atoms with E-state index in [0.29, 0.717) is 0 Å². The molecule has 1 rings (SSSR count). The molecule has 0 aliphatic carbocycles. The first-order valence-corrected chi connectivity index (χ1v) is 11.9. The lowest BCUT2D eigenvalue weighted by molar-refractivity contribution is 0.158. The molecule has 2 N–H and O–H groups in total. The molecular formula is C19H33O3PS. The van der Waals surface area contributed by atoms with Gasteiger partial charge in [-0.05, 0) is 23.8 Å². The Bertz CT molecular complexity index is 461. The Morgan fingerprint density at radius 2 is 1.38 bits per heavy atom. The van der Waals surface area contributed by atoms with Crippen molar-refractivity contribution in [3.63, 3.8) is 0 Å². The van der Waals surface area contributed by atoms with Gasteiger partial charge in [0, 0.05) is 0 Å². The molecule has 0 heterocycles. The predicted molar refractivity (Wildman–Crippen MR) is 105 cm³/mol. The first-order chi connectivity index (χ1) is 11.5. The second-order valence-electron chi connectivity index (χ2n) is 6.47. The standard InChI is InChI=1S/C19H33O3PS/c1-2-3-4-5-6-7-8-9-10-14-17-19(22-23(20,21)24)18-15-12-11-13-16-18/h11-13,15-16,19H,2-10,14,17H2,1H3,(H2,20,21,24). The van der Waals surface area contributed by atoms with Gasteiger partial charge in [0.15, 0.2) is 0 Å². The lowest BCUT2D eigenvalue weighted by Crippen LogP contribution is -2.03. The molecule has 1 atom stereocenters. The smallest absolute Gasteiger partial charge is 0.322 e. The van der Waals surface area contributed by atoms with Crippen LogP contribution in [0.2, 0.25) is 0 Å². The van der Waals surface area contributed by atoms with E-state index in [1.165, 1.54) is 51.4 Å². The molecule has 0 saturated carbocycles. The first kappa shape index (κ1) is 21.8. The van der Waals surface area contributed by atoms with E-state index in [9.17, 15) is 9.79 Å². The molecule has 1 unspecified atom stereocenters. The Balaban J connectivity index is 2.20. The van der Waals surface area contributed by atoms with E-state index in [1.54, 1.807) is 0 Å². The van der Waals surface area contributed by atoms with Gasteiger partial charge >= 0.3 is 6.72 Å². The fourth-order valence-corrected chi connectivity index (χ4v) is 3.80. The van der Waals surface area contributed by atoms with Crippen LogP contribution in [0.15, 0.2) is 30.3 Å². The third-order valence-corrected chi connectivity index (χ3v) is 5.04. The number of hydrogen-bond donors (Lipinski definition) is 2. The Labute approximate surface area is 152 Å². The van der Waals surface area contributed by atoms with Crippen LogP contribution < -0.4 is 0 Å². The Morgan fingerprint density at radius 3 is 1.88 bits per heavy atom. The highest BCUT2D eigenvalue weighted by molar-refractivity contribution is 8.06. The Hall–Kier alpha value is -0.250. The number of benzene rings is 1. The molecule has 0 spiro atoms. The van der Waals surface area contributed by atoms with Crippen LogP contribution in [0.5, 0.6) is 0 Å². The lowest BCUT2D eigenvalue weighted by atomic mass is 10.0. The highest BCUT2D eigenvalue weighted by Gasteiger charge is 2.19. The van der Waals surface area contributed by atoms with Crippen molar-refractivity contribution in [3.05, 3.63) is 35.9 Å². The van der Waals surface area contributed by atoms with E-state index in [2.05, 4.69) is 18.7 Å². The van der Waals surface area contributed by atoms with Crippen molar-refractivity contribution >= 4 is 18.5 Å². The average Bonchev–Trinajstić information content (AvgIpc) is 2.55. The molecule has 1 aromatic rings. The van der Waals surface area contributed by atoms with Gasteiger partial charge in [-0.15, -0.1) is 0 Å². The molecule has 5 heteroatoms. The number of rotatable bonds is 14. The molecule has 0 aromatic heterocycles. The van der Waals surface area contributed by atoms with E-state index < -0.39 is 6.72 Å². The highest BCUT2D eigenvalue weighted by Crippen LogP contribution is 2.44. The minimum atomic E-state index is -3.63. The zero-order valence-electron chi connectivity index (χ0n) is 14.9. The maximum absolute atomic E-state index is 9.47. The molecule has 3 nitrogen and oxygen atoms in total. The normalized spacial score (nSPS) is 13.1. The largest absolute Gasteiger partial charge is 0.325 e. The van der Waals surface area contributed by atoms with Crippen molar-refractivity contribution in [2.45, 2.75) is 83.7 Å². The summed E-state index contributed by atoms with van der Waals surface area (Å²) in [4.78, 5) is 18.9. The van der Waals surface area contributed by atoms with Crippen molar-refractivity contribution in [1.82, 2.24) is 0 Å². The third kappa shape index (κ3) is 11.3. The van der Waals surface area contributed by atoms with E-state index in [0.717, 1.165) is 24.8 Å². The summed E-state index contributed by atoms with van der Waals surface area (Å²) in [6, 6.07) is 9.71. The highest BCUT2D eigenvalue weighted by atomic mass is 32.5. The van der Waals surface area contributed by atoms with Crippen molar-refractivity contribution in [3.8, 4) is 0 Å². The maximum Gasteiger partial charge on any atom is 0.322 e. The van der Waals surface area contributed by atoms with Crippen molar-refractivity contribution in [2.24, 2.45) is 0 Å². The topological polar surface area (TPSA) is 49.7 Å². The van der Waals surface area contributed by atoms with Crippen LogP contribution in [-0.4, -0.2) is 9.79 Å². The molecule has 138 valence electrons. The molecule has 24 heavy (non-hydrogen) atoms. The molecule has 0 saturated heterocycles. The van der Waals surface area contributed by atoms with Crippen LogP contribution in [0, 0.1) is 0 Å². The molecule has 0 fully saturated rings. The van der Waals surface area contributed by atoms with Crippen LogP contribution in [0.3, 0.4) is 0 Å². The molecule has 0 aliphatic heterocycles. The SMILES string of the molecule is CCCCCCCCCCCCC(OP(O)(O)=S)c1ccccc1. The average molecular weight is 373 g/mol. The van der Waals surface area contributed by atoms with Crippen molar-refractivity contribution < 1.29 is 14.3 Å². The van der Waals surface area contributed by atoms with Gasteiger partial charge in [0.05, 0.1) is 6.10 Å². The van der Waals surface area contributed by atoms with Gasteiger partial charge in [0.1, 0.15) is 0 Å². The molecular weight excluding hydrogens is 339 g/mol. The van der Waals surface area contributed by atoms with Gasteiger partial charge in [0.25, 0.3) is 0 Å². The summed E-state index contributed by atoms with van der Waals surface area (Å²) < 4.78 is 5.34. The minimum absolute atomic E-state index is 0.318. The predicted octanol–water partition coefficient (Wildman–Crippen LogP) is 6.26. The summed E-state index contributed by atoms with van der Waals surface area (Å²) in [5.41, 5.74) is 0.964. The van der Waals surface area contributed by atoms with Crippen molar-refractivity contribution in [2.75, 3.05) is 0 Å². The fraction of sp³-hybridized carbons (Fsp3) is 0.684. The summed E-state index contributed by atoms with van der Waals surface area (Å²) >= 11 is 4.64. The summed E-state index contributed by atoms with van der Waals surface area (Å²) in [6.45, 7) is -1.39. The van der Waals surface area contributed by atoms with Gasteiger partial charge in [-0.1, -0.05) is 101 Å². The van der Waals surface area contributed by atoms with E-state index in [1.807, 2.05) is 30.3 Å². The van der Waals surface area contributed by atoms with Crippen molar-refractivity contribution in [1.29, 1.82) is 0 Å². The van der Waals surface area contributed by atoms with Gasteiger partial charge in [-0.25, -0.2) is 0 Å². The minimum Gasteiger partial charge on any atom is -0.325 e. The summed E-state index contributed by atoms with van der Waals surface area (Å²) in [5, 5.41) is 0. The summed E-state index contributed by atoms with van der Waals surface area (Å²) in [5.74, 6) is 0. The lowest BCUT2D eigenvalue weighted by Gasteiger charge is -2.20. The maximum atomic E-state index is 9.47. The van der Waals surface area contributed by atoms with E-state index in [-0.39, 0.29) is 6.10 Å². The van der Waals surface area contributed by atoms with Crippen LogP contribution in [0.1, 0.15) is 89.2 Å². The van der Waals surface area contributed by atoms with Gasteiger partial charge in [-0.3, -0.25) is 0 Å². The molecule has 0 radical (unpaired) electrons. The summed E-state index contributed by atoms with van der Waals surface area (Å²) in [6.07, 6.45) is 13.3. The molecule has 0 amide bonds.